The summed E-state index contributed by atoms with van der Waals surface area (Å²) in [6, 6.07) is 3.60. The Hall–Kier alpha value is -1.62. The zero-order valence-electron chi connectivity index (χ0n) is 9.84. The van der Waals surface area contributed by atoms with Crippen LogP contribution in [0.2, 0.25) is 0 Å². The second kappa shape index (κ2) is 5.14. The van der Waals surface area contributed by atoms with Crippen LogP contribution >= 0.6 is 11.3 Å². The lowest BCUT2D eigenvalue weighted by Crippen LogP contribution is -2.12. The van der Waals surface area contributed by atoms with Gasteiger partial charge in [0, 0.05) is 11.6 Å². The van der Waals surface area contributed by atoms with Crippen LogP contribution in [0.3, 0.4) is 0 Å². The summed E-state index contributed by atoms with van der Waals surface area (Å²) in [6.45, 7) is 4.76. The van der Waals surface area contributed by atoms with E-state index in [1.54, 1.807) is 24.3 Å². The fourth-order valence-corrected chi connectivity index (χ4v) is 2.20. The summed E-state index contributed by atoms with van der Waals surface area (Å²) in [5.74, 6) is -0.288. The molecule has 0 amide bonds. The molecule has 0 radical (unpaired) electrons. The third-order valence-corrected chi connectivity index (χ3v) is 3.14. The molecule has 0 aliphatic rings. The SMILES string of the molecule is CCOC(=O)c1cccn1Cc1csc(C)n1. The Morgan fingerprint density at radius 2 is 2.41 bits per heavy atom. The van der Waals surface area contributed by atoms with E-state index in [0.717, 1.165) is 10.7 Å². The average molecular weight is 250 g/mol. The number of nitrogens with zero attached hydrogens (tertiary/aromatic N) is 2. The van der Waals surface area contributed by atoms with Gasteiger partial charge in [-0.05, 0) is 26.0 Å². The molecule has 0 saturated carbocycles. The predicted octanol–water partition coefficient (Wildman–Crippen LogP) is 2.48. The van der Waals surface area contributed by atoms with E-state index in [1.807, 2.05) is 29.1 Å². The van der Waals surface area contributed by atoms with Gasteiger partial charge in [0.1, 0.15) is 5.69 Å². The fraction of sp³-hybridized carbons (Fsp3) is 0.333. The van der Waals surface area contributed by atoms with E-state index >= 15 is 0 Å². The summed E-state index contributed by atoms with van der Waals surface area (Å²) in [4.78, 5) is 16.0. The van der Waals surface area contributed by atoms with Crippen molar-refractivity contribution in [2.75, 3.05) is 6.61 Å². The van der Waals surface area contributed by atoms with Crippen molar-refractivity contribution in [3.63, 3.8) is 0 Å². The highest BCUT2D eigenvalue weighted by atomic mass is 32.1. The van der Waals surface area contributed by atoms with Gasteiger partial charge in [-0.2, -0.15) is 0 Å². The molecule has 0 bridgehead atoms. The predicted molar refractivity (Wildman–Crippen MR) is 66.3 cm³/mol. The minimum absolute atomic E-state index is 0.288. The van der Waals surface area contributed by atoms with Crippen LogP contribution in [0.5, 0.6) is 0 Å². The summed E-state index contributed by atoms with van der Waals surface area (Å²) >= 11 is 1.61. The second-order valence-electron chi connectivity index (χ2n) is 3.60. The summed E-state index contributed by atoms with van der Waals surface area (Å²) in [5.41, 5.74) is 1.53. The van der Waals surface area contributed by atoms with Crippen LogP contribution < -0.4 is 0 Å². The molecule has 0 aliphatic heterocycles. The molecule has 0 fully saturated rings. The molecule has 0 N–H and O–H groups in total. The van der Waals surface area contributed by atoms with Crippen LogP contribution in [0.1, 0.15) is 28.1 Å². The standard InChI is InChI=1S/C12H14N2O2S/c1-3-16-12(15)11-5-4-6-14(11)7-10-8-17-9(2)13-10/h4-6,8H,3,7H2,1-2H3. The van der Waals surface area contributed by atoms with Crippen molar-refractivity contribution in [1.29, 1.82) is 0 Å². The molecule has 2 heterocycles. The molecule has 90 valence electrons. The van der Waals surface area contributed by atoms with E-state index in [1.165, 1.54) is 0 Å². The molecule has 0 unspecified atom stereocenters. The molecule has 2 rings (SSSR count). The highest BCUT2D eigenvalue weighted by Gasteiger charge is 2.12. The zero-order valence-corrected chi connectivity index (χ0v) is 10.7. The van der Waals surface area contributed by atoms with Crippen LogP contribution in [0.4, 0.5) is 0 Å². The maximum Gasteiger partial charge on any atom is 0.354 e. The third kappa shape index (κ3) is 2.74. The van der Waals surface area contributed by atoms with Crippen LogP contribution in [-0.4, -0.2) is 22.1 Å². The molecule has 2 aromatic heterocycles. The van der Waals surface area contributed by atoms with Crippen molar-refractivity contribution < 1.29 is 9.53 Å². The molecule has 17 heavy (non-hydrogen) atoms. The summed E-state index contributed by atoms with van der Waals surface area (Å²) in [7, 11) is 0. The molecule has 0 saturated heterocycles. The number of aromatic nitrogens is 2. The van der Waals surface area contributed by atoms with E-state index < -0.39 is 0 Å². The van der Waals surface area contributed by atoms with Crippen molar-refractivity contribution in [2.45, 2.75) is 20.4 Å². The van der Waals surface area contributed by atoms with Crippen LogP contribution in [0.15, 0.2) is 23.7 Å². The molecular formula is C12H14N2O2S. The third-order valence-electron chi connectivity index (χ3n) is 2.31. The first kappa shape index (κ1) is 11.9. The van der Waals surface area contributed by atoms with Crippen molar-refractivity contribution in [1.82, 2.24) is 9.55 Å². The van der Waals surface area contributed by atoms with Gasteiger partial charge in [-0.15, -0.1) is 11.3 Å². The average Bonchev–Trinajstić information content (AvgIpc) is 2.89. The number of carbonyl (C=O) groups is 1. The van der Waals surface area contributed by atoms with Gasteiger partial charge >= 0.3 is 5.97 Å². The Morgan fingerprint density at radius 1 is 1.59 bits per heavy atom. The van der Waals surface area contributed by atoms with Gasteiger partial charge in [-0.1, -0.05) is 0 Å². The number of hydrogen-bond acceptors (Lipinski definition) is 4. The number of hydrogen-bond donors (Lipinski definition) is 0. The first-order chi connectivity index (χ1) is 8.20. The first-order valence-electron chi connectivity index (χ1n) is 5.44. The molecule has 0 aromatic carbocycles. The quantitative estimate of drug-likeness (QED) is 0.783. The van der Waals surface area contributed by atoms with Gasteiger partial charge in [0.25, 0.3) is 0 Å². The number of carbonyl (C=O) groups excluding carboxylic acids is 1. The van der Waals surface area contributed by atoms with Crippen LogP contribution in [0.25, 0.3) is 0 Å². The molecule has 0 spiro atoms. The first-order valence-corrected chi connectivity index (χ1v) is 6.32. The van der Waals surface area contributed by atoms with Crippen LogP contribution in [0, 0.1) is 6.92 Å². The Kier molecular flexibility index (Phi) is 3.58. The Labute approximate surface area is 104 Å². The maximum absolute atomic E-state index is 11.7. The fourth-order valence-electron chi connectivity index (χ4n) is 1.60. The number of thiazole rings is 1. The van der Waals surface area contributed by atoms with Gasteiger partial charge in [0.15, 0.2) is 0 Å². The minimum Gasteiger partial charge on any atom is -0.461 e. The van der Waals surface area contributed by atoms with Gasteiger partial charge in [-0.25, -0.2) is 9.78 Å². The Balaban J connectivity index is 2.16. The lowest BCUT2D eigenvalue weighted by Gasteiger charge is -2.06. The number of aryl methyl sites for hydroxylation is 1. The van der Waals surface area contributed by atoms with Gasteiger partial charge in [0.2, 0.25) is 0 Å². The summed E-state index contributed by atoms with van der Waals surface area (Å²) < 4.78 is 6.85. The van der Waals surface area contributed by atoms with Crippen molar-refractivity contribution in [3.05, 3.63) is 40.1 Å². The van der Waals surface area contributed by atoms with E-state index in [0.29, 0.717) is 18.8 Å². The monoisotopic (exact) mass is 250 g/mol. The molecule has 0 atom stereocenters. The molecule has 2 aromatic rings. The van der Waals surface area contributed by atoms with Gasteiger partial charge < -0.3 is 9.30 Å². The number of ether oxygens (including phenoxy) is 1. The number of rotatable bonds is 4. The summed E-state index contributed by atoms with van der Waals surface area (Å²) in [5, 5.41) is 3.04. The van der Waals surface area contributed by atoms with Crippen molar-refractivity contribution in [2.24, 2.45) is 0 Å². The zero-order chi connectivity index (χ0) is 12.3. The minimum atomic E-state index is -0.288. The summed E-state index contributed by atoms with van der Waals surface area (Å²) in [6.07, 6.45) is 1.86. The second-order valence-corrected chi connectivity index (χ2v) is 4.66. The van der Waals surface area contributed by atoms with Crippen molar-refractivity contribution in [3.8, 4) is 0 Å². The Bertz CT molecular complexity index is 516. The highest BCUT2D eigenvalue weighted by molar-refractivity contribution is 7.09. The van der Waals surface area contributed by atoms with E-state index in [2.05, 4.69) is 4.98 Å². The van der Waals surface area contributed by atoms with E-state index in [4.69, 9.17) is 4.74 Å². The van der Waals surface area contributed by atoms with Crippen molar-refractivity contribution >= 4 is 17.3 Å². The van der Waals surface area contributed by atoms with Gasteiger partial charge in [0.05, 0.1) is 23.9 Å². The Morgan fingerprint density at radius 3 is 3.06 bits per heavy atom. The topological polar surface area (TPSA) is 44.1 Å². The maximum atomic E-state index is 11.7. The van der Waals surface area contributed by atoms with Crippen LogP contribution in [-0.2, 0) is 11.3 Å². The molecule has 5 heteroatoms. The number of esters is 1. The molecule has 0 aliphatic carbocycles. The highest BCUT2D eigenvalue weighted by Crippen LogP contribution is 2.12. The van der Waals surface area contributed by atoms with E-state index in [-0.39, 0.29) is 5.97 Å². The van der Waals surface area contributed by atoms with Gasteiger partial charge in [-0.3, -0.25) is 0 Å². The molecular weight excluding hydrogens is 236 g/mol. The largest absolute Gasteiger partial charge is 0.461 e. The smallest absolute Gasteiger partial charge is 0.354 e. The lowest BCUT2D eigenvalue weighted by molar-refractivity contribution is 0.0514. The van der Waals surface area contributed by atoms with E-state index in [9.17, 15) is 4.79 Å². The lowest BCUT2D eigenvalue weighted by atomic mass is 10.4. The normalized spacial score (nSPS) is 10.5. The molecule has 4 nitrogen and oxygen atoms in total.